The number of hydrogen-bond donors (Lipinski definition) is 1. The molecule has 0 aromatic heterocycles. The van der Waals surface area contributed by atoms with Crippen LogP contribution in [0.15, 0.2) is 42.5 Å². The minimum atomic E-state index is -0.244. The maximum atomic E-state index is 13.5. The summed E-state index contributed by atoms with van der Waals surface area (Å²) in [6.45, 7) is 5.12. The van der Waals surface area contributed by atoms with E-state index >= 15 is 0 Å². The number of rotatable bonds is 5. The van der Waals surface area contributed by atoms with Crippen molar-refractivity contribution < 1.29 is 9.18 Å². The molecule has 2 aromatic carbocycles. The zero-order chi connectivity index (χ0) is 21.3. The van der Waals surface area contributed by atoms with Gasteiger partial charge in [0.15, 0.2) is 0 Å². The lowest BCUT2D eigenvalue weighted by molar-refractivity contribution is -0.120. The first-order valence-corrected chi connectivity index (χ1v) is 11.0. The van der Waals surface area contributed by atoms with Crippen molar-refractivity contribution in [2.45, 2.75) is 44.1 Å². The molecule has 4 rings (SSSR count). The van der Waals surface area contributed by atoms with Gasteiger partial charge in [0.1, 0.15) is 5.82 Å². The Labute approximate surface area is 179 Å². The predicted octanol–water partition coefficient (Wildman–Crippen LogP) is 4.05. The largest absolute Gasteiger partial charge is 0.367 e. The zero-order valence-electron chi connectivity index (χ0n) is 18.2. The van der Waals surface area contributed by atoms with Gasteiger partial charge in [0.25, 0.3) is 0 Å². The fraction of sp³-hybridized carbons (Fsp3) is 0.480. The Morgan fingerprint density at radius 1 is 1.17 bits per heavy atom. The Bertz CT molecular complexity index is 898. The maximum Gasteiger partial charge on any atom is 0.220 e. The smallest absolute Gasteiger partial charge is 0.220 e. The molecule has 2 aromatic rings. The van der Waals surface area contributed by atoms with Crippen molar-refractivity contribution in [1.29, 1.82) is 0 Å². The first kappa shape index (κ1) is 20.9. The number of anilines is 1. The summed E-state index contributed by atoms with van der Waals surface area (Å²) >= 11 is 0. The quantitative estimate of drug-likeness (QED) is 0.809. The second kappa shape index (κ2) is 8.76. The Balaban J connectivity index is 1.68. The number of likely N-dealkylation sites (tertiary alicyclic amines) is 1. The lowest BCUT2D eigenvalue weighted by Crippen LogP contribution is -2.38. The van der Waals surface area contributed by atoms with Gasteiger partial charge in [-0.25, -0.2) is 4.39 Å². The fourth-order valence-corrected chi connectivity index (χ4v) is 5.18. The third-order valence-electron chi connectivity index (χ3n) is 6.85. The highest BCUT2D eigenvalue weighted by atomic mass is 19.1. The molecular weight excluding hydrogens is 377 g/mol. The number of carbonyl (C=O) groups is 1. The third-order valence-corrected chi connectivity index (χ3v) is 6.85. The van der Waals surface area contributed by atoms with Gasteiger partial charge in [-0.05, 0) is 69.2 Å². The van der Waals surface area contributed by atoms with E-state index in [1.54, 1.807) is 7.05 Å². The van der Waals surface area contributed by atoms with E-state index in [9.17, 15) is 9.18 Å². The van der Waals surface area contributed by atoms with Crippen molar-refractivity contribution in [2.75, 3.05) is 38.6 Å². The minimum absolute atomic E-state index is 0.0134. The molecule has 3 unspecified atom stereocenters. The monoisotopic (exact) mass is 409 g/mol. The molecule has 1 fully saturated rings. The highest BCUT2D eigenvalue weighted by Crippen LogP contribution is 2.46. The van der Waals surface area contributed by atoms with E-state index in [1.165, 1.54) is 28.9 Å². The molecule has 0 radical (unpaired) electrons. The molecule has 5 heteroatoms. The summed E-state index contributed by atoms with van der Waals surface area (Å²) in [5, 5.41) is 2.76. The molecule has 30 heavy (non-hydrogen) atoms. The van der Waals surface area contributed by atoms with Crippen LogP contribution >= 0.6 is 0 Å². The van der Waals surface area contributed by atoms with Crippen LogP contribution in [0.1, 0.15) is 47.8 Å². The molecule has 0 bridgehead atoms. The Morgan fingerprint density at radius 2 is 1.90 bits per heavy atom. The zero-order valence-corrected chi connectivity index (χ0v) is 18.2. The van der Waals surface area contributed by atoms with Crippen molar-refractivity contribution in [1.82, 2.24) is 10.2 Å². The summed E-state index contributed by atoms with van der Waals surface area (Å²) in [6, 6.07) is 13.9. The fourth-order valence-electron chi connectivity index (χ4n) is 5.18. The number of fused-ring (bicyclic) bond motifs is 3. The molecule has 3 atom stereocenters. The normalized spacial score (nSPS) is 22.2. The molecule has 1 N–H and O–H groups in total. The van der Waals surface area contributed by atoms with Crippen LogP contribution in [0.25, 0.3) is 0 Å². The Kier molecular flexibility index (Phi) is 6.09. The standard InChI is InChI=1S/C25H32FN3O/c1-17-4-9-23-22(14-17)21-10-12-28(3)13-11-24(21)29(23)16-19(15-25(30)27-2)18-5-7-20(26)8-6-18/h4-9,14,19,21,24H,10-13,15-16H2,1-3H3,(H,27,30). The Morgan fingerprint density at radius 3 is 2.63 bits per heavy atom. The van der Waals surface area contributed by atoms with E-state index in [0.717, 1.165) is 38.0 Å². The van der Waals surface area contributed by atoms with Gasteiger partial charge >= 0.3 is 0 Å². The van der Waals surface area contributed by atoms with Crippen LogP contribution in [-0.2, 0) is 4.79 Å². The summed E-state index contributed by atoms with van der Waals surface area (Å²) in [4.78, 5) is 17.3. The molecule has 4 nitrogen and oxygen atoms in total. The number of benzene rings is 2. The summed E-state index contributed by atoms with van der Waals surface area (Å²) in [5.74, 6) is 0.314. The molecule has 160 valence electrons. The van der Waals surface area contributed by atoms with Crippen molar-refractivity contribution in [3.8, 4) is 0 Å². The van der Waals surface area contributed by atoms with E-state index in [4.69, 9.17) is 0 Å². The molecule has 1 amide bonds. The second-order valence-electron chi connectivity index (χ2n) is 8.89. The van der Waals surface area contributed by atoms with Gasteiger partial charge in [0, 0.05) is 43.6 Å². The highest BCUT2D eigenvalue weighted by molar-refractivity contribution is 5.76. The van der Waals surface area contributed by atoms with Gasteiger partial charge in [-0.1, -0.05) is 29.8 Å². The number of nitrogens with one attached hydrogen (secondary N) is 1. The molecule has 0 aliphatic carbocycles. The van der Waals surface area contributed by atoms with E-state index in [1.807, 2.05) is 12.1 Å². The van der Waals surface area contributed by atoms with Gasteiger partial charge in [0.05, 0.1) is 0 Å². The van der Waals surface area contributed by atoms with Crippen LogP contribution < -0.4 is 10.2 Å². The van der Waals surface area contributed by atoms with Crippen molar-refractivity contribution >= 4 is 11.6 Å². The minimum Gasteiger partial charge on any atom is -0.367 e. The van der Waals surface area contributed by atoms with Gasteiger partial charge in [-0.15, -0.1) is 0 Å². The van der Waals surface area contributed by atoms with E-state index in [0.29, 0.717) is 18.4 Å². The average molecular weight is 410 g/mol. The molecular formula is C25H32FN3O. The second-order valence-corrected chi connectivity index (χ2v) is 8.89. The number of halogens is 1. The summed E-state index contributed by atoms with van der Waals surface area (Å²) in [7, 11) is 3.88. The number of hydrogen-bond acceptors (Lipinski definition) is 3. The van der Waals surface area contributed by atoms with Gasteiger partial charge in [-0.3, -0.25) is 4.79 Å². The lowest BCUT2D eigenvalue weighted by Gasteiger charge is -2.33. The van der Waals surface area contributed by atoms with Crippen LogP contribution in [0.2, 0.25) is 0 Å². The van der Waals surface area contributed by atoms with Crippen molar-refractivity contribution in [3.05, 3.63) is 65.0 Å². The van der Waals surface area contributed by atoms with Crippen LogP contribution in [-0.4, -0.2) is 50.6 Å². The molecule has 0 saturated carbocycles. The number of carbonyl (C=O) groups excluding carboxylic acids is 1. The average Bonchev–Trinajstić information content (AvgIpc) is 2.87. The van der Waals surface area contributed by atoms with E-state index in [2.05, 4.69) is 47.3 Å². The number of aryl methyl sites for hydroxylation is 1. The highest BCUT2D eigenvalue weighted by Gasteiger charge is 2.40. The lowest BCUT2D eigenvalue weighted by atomic mass is 9.89. The van der Waals surface area contributed by atoms with Crippen molar-refractivity contribution in [2.24, 2.45) is 0 Å². The molecule has 2 heterocycles. The van der Waals surface area contributed by atoms with Crippen LogP contribution in [0.3, 0.4) is 0 Å². The Hall–Kier alpha value is -2.40. The number of amides is 1. The molecule has 0 spiro atoms. The first-order chi connectivity index (χ1) is 14.5. The molecule has 2 aliphatic rings. The summed E-state index contributed by atoms with van der Waals surface area (Å²) in [6.07, 6.45) is 2.67. The van der Waals surface area contributed by atoms with Gasteiger partial charge < -0.3 is 15.1 Å². The topological polar surface area (TPSA) is 35.6 Å². The van der Waals surface area contributed by atoms with Gasteiger partial charge in [0.2, 0.25) is 5.91 Å². The van der Waals surface area contributed by atoms with Gasteiger partial charge in [-0.2, -0.15) is 0 Å². The van der Waals surface area contributed by atoms with Crippen LogP contribution in [0.4, 0.5) is 10.1 Å². The summed E-state index contributed by atoms with van der Waals surface area (Å²) in [5.41, 5.74) is 5.08. The van der Waals surface area contributed by atoms with E-state index in [-0.39, 0.29) is 17.6 Å². The first-order valence-electron chi connectivity index (χ1n) is 11.0. The summed E-state index contributed by atoms with van der Waals surface area (Å²) < 4.78 is 13.5. The van der Waals surface area contributed by atoms with Crippen molar-refractivity contribution in [3.63, 3.8) is 0 Å². The van der Waals surface area contributed by atoms with Crippen LogP contribution in [0, 0.1) is 12.7 Å². The SMILES string of the molecule is CNC(=O)CC(CN1c2ccc(C)cc2C2CCN(C)CCC21)c1ccc(F)cc1. The third kappa shape index (κ3) is 4.22. The predicted molar refractivity (Wildman–Crippen MR) is 120 cm³/mol. The number of nitrogens with zero attached hydrogens (tertiary/aromatic N) is 2. The van der Waals surface area contributed by atoms with Crippen LogP contribution in [0.5, 0.6) is 0 Å². The molecule has 2 aliphatic heterocycles. The molecule has 1 saturated heterocycles. The maximum absolute atomic E-state index is 13.5. The van der Waals surface area contributed by atoms with E-state index < -0.39 is 0 Å².